The Morgan fingerprint density at radius 1 is 1.00 bits per heavy atom. The van der Waals surface area contributed by atoms with Crippen molar-refractivity contribution in [2.24, 2.45) is 5.10 Å². The van der Waals surface area contributed by atoms with Gasteiger partial charge in [-0.2, -0.15) is 20.1 Å². The average Bonchev–Trinajstić information content (AvgIpc) is 3.23. The number of hydrazone groups is 1. The largest absolute Gasteiger partial charge is 0.378 e. The number of benzene rings is 1. The van der Waals surface area contributed by atoms with E-state index in [4.69, 9.17) is 4.74 Å². The van der Waals surface area contributed by atoms with Crippen molar-refractivity contribution in [3.8, 4) is 0 Å². The molecule has 0 atom stereocenters. The molecule has 1 fully saturated rings. The highest BCUT2D eigenvalue weighted by atomic mass is 32.1. The summed E-state index contributed by atoms with van der Waals surface area (Å²) in [5.41, 5.74) is 3.81. The molecule has 27 heavy (non-hydrogen) atoms. The van der Waals surface area contributed by atoms with Gasteiger partial charge in [0.2, 0.25) is 17.8 Å². The fraction of sp³-hybridized carbons (Fsp3) is 0.222. The van der Waals surface area contributed by atoms with Crippen molar-refractivity contribution in [2.75, 3.05) is 41.9 Å². The SMILES string of the molecule is C(=NNc1nc(Nc2ccccc2)nc(N2CCOCC2)n1)c1cccs1. The van der Waals surface area contributed by atoms with E-state index in [-0.39, 0.29) is 0 Å². The van der Waals surface area contributed by atoms with Crippen LogP contribution in [0.3, 0.4) is 0 Å². The molecular weight excluding hydrogens is 362 g/mol. The van der Waals surface area contributed by atoms with E-state index in [0.717, 1.165) is 23.7 Å². The van der Waals surface area contributed by atoms with Crippen LogP contribution in [-0.2, 0) is 4.74 Å². The van der Waals surface area contributed by atoms with Crippen LogP contribution in [0.2, 0.25) is 0 Å². The lowest BCUT2D eigenvalue weighted by Gasteiger charge is -2.27. The average molecular weight is 381 g/mol. The summed E-state index contributed by atoms with van der Waals surface area (Å²) in [6.45, 7) is 2.80. The molecule has 1 saturated heterocycles. The quantitative estimate of drug-likeness (QED) is 0.501. The number of nitrogens with one attached hydrogen (secondary N) is 2. The fourth-order valence-corrected chi connectivity index (χ4v) is 3.13. The van der Waals surface area contributed by atoms with Gasteiger partial charge in [0, 0.05) is 23.7 Å². The zero-order valence-electron chi connectivity index (χ0n) is 14.6. The molecular formula is C18H19N7OS. The molecule has 9 heteroatoms. The zero-order valence-corrected chi connectivity index (χ0v) is 15.4. The predicted octanol–water partition coefficient (Wildman–Crippen LogP) is 2.96. The second-order valence-corrected chi connectivity index (χ2v) is 6.74. The van der Waals surface area contributed by atoms with E-state index in [9.17, 15) is 0 Å². The van der Waals surface area contributed by atoms with Crippen LogP contribution in [0.4, 0.5) is 23.5 Å². The first-order valence-corrected chi connectivity index (χ1v) is 9.48. The normalized spacial score (nSPS) is 14.4. The summed E-state index contributed by atoms with van der Waals surface area (Å²) in [7, 11) is 0. The van der Waals surface area contributed by atoms with Crippen molar-refractivity contribution in [1.29, 1.82) is 0 Å². The Kier molecular flexibility index (Phi) is 5.51. The Balaban J connectivity index is 1.57. The molecule has 3 aromatic rings. The minimum absolute atomic E-state index is 0.387. The second-order valence-electron chi connectivity index (χ2n) is 5.76. The number of aromatic nitrogens is 3. The Bertz CT molecular complexity index is 880. The van der Waals surface area contributed by atoms with E-state index in [2.05, 4.69) is 35.7 Å². The van der Waals surface area contributed by atoms with Crippen LogP contribution in [0, 0.1) is 0 Å². The van der Waals surface area contributed by atoms with Crippen molar-refractivity contribution in [3.05, 3.63) is 52.7 Å². The Labute approximate surface area is 161 Å². The summed E-state index contributed by atoms with van der Waals surface area (Å²) in [6.07, 6.45) is 1.74. The van der Waals surface area contributed by atoms with Gasteiger partial charge in [0.25, 0.3) is 0 Å². The van der Waals surface area contributed by atoms with Gasteiger partial charge in [-0.05, 0) is 23.6 Å². The molecule has 2 aromatic heterocycles. The molecule has 1 aliphatic heterocycles. The van der Waals surface area contributed by atoms with Gasteiger partial charge in [0.05, 0.1) is 19.4 Å². The van der Waals surface area contributed by atoms with Crippen molar-refractivity contribution < 1.29 is 4.74 Å². The van der Waals surface area contributed by atoms with Gasteiger partial charge in [-0.15, -0.1) is 11.3 Å². The maximum absolute atomic E-state index is 5.42. The molecule has 1 aromatic carbocycles. The number of ether oxygens (including phenoxy) is 1. The predicted molar refractivity (Wildman–Crippen MR) is 108 cm³/mol. The van der Waals surface area contributed by atoms with Gasteiger partial charge in [-0.1, -0.05) is 24.3 Å². The fourth-order valence-electron chi connectivity index (χ4n) is 2.54. The van der Waals surface area contributed by atoms with Crippen LogP contribution in [0.5, 0.6) is 0 Å². The lowest BCUT2D eigenvalue weighted by atomic mass is 10.3. The molecule has 0 saturated carbocycles. The number of morpholine rings is 1. The van der Waals surface area contributed by atoms with Crippen LogP contribution >= 0.6 is 11.3 Å². The molecule has 0 aliphatic carbocycles. The van der Waals surface area contributed by atoms with Gasteiger partial charge >= 0.3 is 0 Å². The molecule has 3 heterocycles. The minimum Gasteiger partial charge on any atom is -0.378 e. The minimum atomic E-state index is 0.387. The smallest absolute Gasteiger partial charge is 0.250 e. The molecule has 8 nitrogen and oxygen atoms in total. The standard InChI is InChI=1S/C18H19N7OS/c1-2-5-14(6-3-1)20-16-21-17(24-19-13-15-7-4-12-27-15)23-18(22-16)25-8-10-26-11-9-25/h1-7,12-13H,8-11H2,(H2,20,21,22,23,24). The van der Waals surface area contributed by atoms with Gasteiger partial charge in [-0.3, -0.25) is 0 Å². The summed E-state index contributed by atoms with van der Waals surface area (Å²) in [4.78, 5) is 16.6. The summed E-state index contributed by atoms with van der Waals surface area (Å²) >= 11 is 1.61. The first kappa shape index (κ1) is 17.4. The lowest BCUT2D eigenvalue weighted by Crippen LogP contribution is -2.37. The van der Waals surface area contributed by atoms with Gasteiger partial charge in [0.15, 0.2) is 0 Å². The van der Waals surface area contributed by atoms with Crippen LogP contribution < -0.4 is 15.6 Å². The molecule has 1 aliphatic rings. The molecule has 0 bridgehead atoms. The number of rotatable bonds is 6. The molecule has 4 rings (SSSR count). The highest BCUT2D eigenvalue weighted by molar-refractivity contribution is 7.11. The Hall–Kier alpha value is -3.04. The van der Waals surface area contributed by atoms with Crippen LogP contribution in [0.25, 0.3) is 0 Å². The highest BCUT2D eigenvalue weighted by Crippen LogP contribution is 2.18. The molecule has 0 spiro atoms. The van der Waals surface area contributed by atoms with Crippen LogP contribution in [0.1, 0.15) is 4.88 Å². The third kappa shape index (κ3) is 4.78. The molecule has 2 N–H and O–H groups in total. The highest BCUT2D eigenvalue weighted by Gasteiger charge is 2.16. The van der Waals surface area contributed by atoms with Crippen LogP contribution in [0.15, 0.2) is 52.9 Å². The Morgan fingerprint density at radius 2 is 1.81 bits per heavy atom. The van der Waals surface area contributed by atoms with Crippen molar-refractivity contribution in [3.63, 3.8) is 0 Å². The van der Waals surface area contributed by atoms with E-state index >= 15 is 0 Å². The van der Waals surface area contributed by atoms with Crippen molar-refractivity contribution >= 4 is 41.1 Å². The first-order chi connectivity index (χ1) is 13.4. The number of thiophene rings is 1. The van der Waals surface area contributed by atoms with Crippen molar-refractivity contribution in [2.45, 2.75) is 0 Å². The summed E-state index contributed by atoms with van der Waals surface area (Å²) in [5, 5.41) is 9.45. The number of hydrogen-bond donors (Lipinski definition) is 2. The summed E-state index contributed by atoms with van der Waals surface area (Å²) in [6, 6.07) is 13.8. The molecule has 138 valence electrons. The molecule has 0 radical (unpaired) electrons. The van der Waals surface area contributed by atoms with Crippen LogP contribution in [-0.4, -0.2) is 47.5 Å². The number of hydrogen-bond acceptors (Lipinski definition) is 9. The van der Waals surface area contributed by atoms with E-state index in [0.29, 0.717) is 31.1 Å². The van der Waals surface area contributed by atoms with Gasteiger partial charge in [0.1, 0.15) is 0 Å². The van der Waals surface area contributed by atoms with Gasteiger partial charge in [-0.25, -0.2) is 5.43 Å². The maximum Gasteiger partial charge on any atom is 0.250 e. The third-order valence-corrected chi connectivity index (χ3v) is 4.65. The third-order valence-electron chi connectivity index (χ3n) is 3.85. The van der Waals surface area contributed by atoms with E-state index in [1.54, 1.807) is 17.6 Å². The number of nitrogens with zero attached hydrogens (tertiary/aromatic N) is 5. The van der Waals surface area contributed by atoms with E-state index in [1.807, 2.05) is 47.8 Å². The number of para-hydroxylation sites is 1. The molecule has 0 unspecified atom stereocenters. The zero-order chi connectivity index (χ0) is 18.3. The number of anilines is 4. The van der Waals surface area contributed by atoms with E-state index in [1.165, 1.54) is 0 Å². The summed E-state index contributed by atoms with van der Waals surface area (Å²) in [5.74, 6) is 1.45. The topological polar surface area (TPSA) is 87.6 Å². The van der Waals surface area contributed by atoms with E-state index < -0.39 is 0 Å². The monoisotopic (exact) mass is 381 g/mol. The second kappa shape index (κ2) is 8.56. The Morgan fingerprint density at radius 3 is 2.59 bits per heavy atom. The first-order valence-electron chi connectivity index (χ1n) is 8.60. The lowest BCUT2D eigenvalue weighted by molar-refractivity contribution is 0.122. The van der Waals surface area contributed by atoms with Gasteiger partial charge < -0.3 is 15.0 Å². The van der Waals surface area contributed by atoms with Crippen molar-refractivity contribution in [1.82, 2.24) is 15.0 Å². The summed E-state index contributed by atoms with van der Waals surface area (Å²) < 4.78 is 5.42. The molecule has 0 amide bonds. The maximum atomic E-state index is 5.42.